The summed E-state index contributed by atoms with van der Waals surface area (Å²) in [5.41, 5.74) is 1.87. The molecule has 2 aromatic carbocycles. The molecule has 0 saturated carbocycles. The standard InChI is InChI=1S/C25H18N4O5S/c30-19(11-8-15-5-2-1-3-6-15)21-22(16-7-4-12-26-14-16)28(24(32)23(21)31)25-27-18-10-9-17(29(33)34)13-20(18)35-25/h1-7,9-10,12-14,22,31H,8,11H2. The van der Waals surface area contributed by atoms with E-state index in [0.29, 0.717) is 22.2 Å². The topological polar surface area (TPSA) is 127 Å². The fraction of sp³-hybridized carbons (Fsp3) is 0.120. The largest absolute Gasteiger partial charge is 0.503 e. The number of aliphatic hydroxyl groups excluding tert-OH is 1. The van der Waals surface area contributed by atoms with Crippen molar-refractivity contribution in [1.82, 2.24) is 9.97 Å². The van der Waals surface area contributed by atoms with Gasteiger partial charge in [0.1, 0.15) is 0 Å². The summed E-state index contributed by atoms with van der Waals surface area (Å²) in [7, 11) is 0. The normalized spacial score (nSPS) is 15.7. The molecule has 10 heteroatoms. The maximum atomic E-state index is 13.3. The summed E-state index contributed by atoms with van der Waals surface area (Å²) < 4.78 is 0.510. The van der Waals surface area contributed by atoms with Crippen LogP contribution < -0.4 is 4.90 Å². The molecule has 3 heterocycles. The molecule has 1 atom stereocenters. The van der Waals surface area contributed by atoms with Gasteiger partial charge in [0, 0.05) is 30.9 Å². The minimum Gasteiger partial charge on any atom is -0.503 e. The molecule has 1 aliphatic rings. The molecule has 1 amide bonds. The third-order valence-electron chi connectivity index (χ3n) is 5.77. The highest BCUT2D eigenvalue weighted by Crippen LogP contribution is 2.44. The van der Waals surface area contributed by atoms with Crippen LogP contribution in [0, 0.1) is 10.1 Å². The van der Waals surface area contributed by atoms with E-state index in [4.69, 9.17) is 0 Å². The van der Waals surface area contributed by atoms with Gasteiger partial charge in [0.15, 0.2) is 16.7 Å². The number of ketones is 1. The summed E-state index contributed by atoms with van der Waals surface area (Å²) >= 11 is 1.07. The summed E-state index contributed by atoms with van der Waals surface area (Å²) in [5.74, 6) is -1.73. The van der Waals surface area contributed by atoms with Crippen molar-refractivity contribution in [3.63, 3.8) is 0 Å². The van der Waals surface area contributed by atoms with Crippen LogP contribution in [0.15, 0.2) is 84.4 Å². The first-order chi connectivity index (χ1) is 16.9. The first-order valence-electron chi connectivity index (χ1n) is 10.7. The van der Waals surface area contributed by atoms with Gasteiger partial charge in [-0.25, -0.2) is 4.98 Å². The van der Waals surface area contributed by atoms with Gasteiger partial charge in [-0.1, -0.05) is 47.7 Å². The molecular weight excluding hydrogens is 468 g/mol. The fourth-order valence-electron chi connectivity index (χ4n) is 4.10. The van der Waals surface area contributed by atoms with Crippen molar-refractivity contribution in [2.75, 3.05) is 4.90 Å². The number of anilines is 1. The second kappa shape index (κ2) is 9.07. The number of aromatic nitrogens is 2. The Bertz CT molecular complexity index is 1480. The first-order valence-corrected chi connectivity index (χ1v) is 11.5. The Kier molecular flexibility index (Phi) is 5.79. The molecule has 1 aliphatic heterocycles. The molecule has 5 rings (SSSR count). The predicted octanol–water partition coefficient (Wildman–Crippen LogP) is 4.70. The van der Waals surface area contributed by atoms with E-state index in [1.54, 1.807) is 18.3 Å². The number of Topliss-reactive ketones (excluding diaryl/α,β-unsaturated/α-hetero) is 1. The number of nitro benzene ring substituents is 1. The van der Waals surface area contributed by atoms with Crippen molar-refractivity contribution in [1.29, 1.82) is 0 Å². The highest BCUT2D eigenvalue weighted by atomic mass is 32.1. The van der Waals surface area contributed by atoms with E-state index in [2.05, 4.69) is 9.97 Å². The molecule has 4 aromatic rings. The van der Waals surface area contributed by atoms with Gasteiger partial charge in [0.2, 0.25) is 0 Å². The van der Waals surface area contributed by atoms with Crippen molar-refractivity contribution < 1.29 is 19.6 Å². The molecule has 174 valence electrons. The lowest BCUT2D eigenvalue weighted by molar-refractivity contribution is -0.384. The van der Waals surface area contributed by atoms with Crippen LogP contribution in [0.25, 0.3) is 10.2 Å². The second-order valence-electron chi connectivity index (χ2n) is 7.94. The molecule has 0 fully saturated rings. The number of nitro groups is 1. The second-order valence-corrected chi connectivity index (χ2v) is 8.95. The number of pyridine rings is 1. The zero-order valence-electron chi connectivity index (χ0n) is 18.2. The number of benzene rings is 2. The van der Waals surface area contributed by atoms with E-state index in [-0.39, 0.29) is 28.6 Å². The zero-order chi connectivity index (χ0) is 24.5. The van der Waals surface area contributed by atoms with Crippen LogP contribution >= 0.6 is 11.3 Å². The lowest BCUT2D eigenvalue weighted by Gasteiger charge is -2.24. The van der Waals surface area contributed by atoms with Gasteiger partial charge >= 0.3 is 0 Å². The number of aryl methyl sites for hydroxylation is 1. The average Bonchev–Trinajstić information content (AvgIpc) is 3.41. The number of hydrogen-bond donors (Lipinski definition) is 1. The summed E-state index contributed by atoms with van der Waals surface area (Å²) in [6.07, 6.45) is 3.66. The van der Waals surface area contributed by atoms with Crippen LogP contribution in [0.5, 0.6) is 0 Å². The van der Waals surface area contributed by atoms with Gasteiger partial charge in [-0.05, 0) is 29.7 Å². The summed E-state index contributed by atoms with van der Waals surface area (Å²) in [6.45, 7) is 0. The quantitative estimate of drug-likeness (QED) is 0.296. The number of carbonyl (C=O) groups excluding carboxylic acids is 2. The highest BCUT2D eigenvalue weighted by Gasteiger charge is 2.45. The Morgan fingerprint density at radius 2 is 1.94 bits per heavy atom. The third-order valence-corrected chi connectivity index (χ3v) is 6.79. The van der Waals surface area contributed by atoms with Crippen molar-refractivity contribution >= 4 is 44.1 Å². The maximum absolute atomic E-state index is 13.3. The van der Waals surface area contributed by atoms with Crippen LogP contribution in [-0.2, 0) is 16.0 Å². The van der Waals surface area contributed by atoms with Crippen LogP contribution in [-0.4, -0.2) is 31.7 Å². The number of carbonyl (C=O) groups is 2. The Labute approximate surface area is 203 Å². The van der Waals surface area contributed by atoms with Gasteiger partial charge < -0.3 is 5.11 Å². The molecule has 35 heavy (non-hydrogen) atoms. The van der Waals surface area contributed by atoms with E-state index in [1.807, 2.05) is 30.3 Å². The Balaban J connectivity index is 1.54. The van der Waals surface area contributed by atoms with Crippen LogP contribution in [0.2, 0.25) is 0 Å². The van der Waals surface area contributed by atoms with Gasteiger partial charge in [-0.15, -0.1) is 0 Å². The van der Waals surface area contributed by atoms with E-state index in [1.165, 1.54) is 29.3 Å². The van der Waals surface area contributed by atoms with E-state index in [0.717, 1.165) is 16.9 Å². The Morgan fingerprint density at radius 1 is 1.14 bits per heavy atom. The average molecular weight is 487 g/mol. The Hall–Kier alpha value is -4.44. The first kappa shape index (κ1) is 22.4. The number of hydrogen-bond acceptors (Lipinski definition) is 8. The smallest absolute Gasteiger partial charge is 0.296 e. The zero-order valence-corrected chi connectivity index (χ0v) is 19.0. The Morgan fingerprint density at radius 3 is 2.66 bits per heavy atom. The lowest BCUT2D eigenvalue weighted by Crippen LogP contribution is -2.31. The molecule has 0 saturated heterocycles. The molecule has 1 unspecified atom stereocenters. The fourth-order valence-corrected chi connectivity index (χ4v) is 5.12. The van der Waals surface area contributed by atoms with Crippen molar-refractivity contribution in [3.8, 4) is 0 Å². The molecule has 1 N–H and O–H groups in total. The predicted molar refractivity (Wildman–Crippen MR) is 130 cm³/mol. The van der Waals surface area contributed by atoms with Crippen LogP contribution in [0.3, 0.4) is 0 Å². The third kappa shape index (κ3) is 4.15. The SMILES string of the molecule is O=C(CCc1ccccc1)C1=C(O)C(=O)N(c2nc3ccc([N+](=O)[O-])cc3s2)C1c1cccnc1. The summed E-state index contributed by atoms with van der Waals surface area (Å²) in [6, 6.07) is 16.2. The number of amides is 1. The number of fused-ring (bicyclic) bond motifs is 1. The molecule has 9 nitrogen and oxygen atoms in total. The van der Waals surface area contributed by atoms with Crippen LogP contribution in [0.4, 0.5) is 10.8 Å². The molecule has 0 bridgehead atoms. The van der Waals surface area contributed by atoms with Crippen molar-refractivity contribution in [3.05, 3.63) is 106 Å². The van der Waals surface area contributed by atoms with Crippen molar-refractivity contribution in [2.45, 2.75) is 18.9 Å². The van der Waals surface area contributed by atoms with E-state index in [9.17, 15) is 24.8 Å². The maximum Gasteiger partial charge on any atom is 0.296 e. The summed E-state index contributed by atoms with van der Waals surface area (Å²) in [5, 5.41) is 22.2. The number of aliphatic hydroxyl groups is 1. The molecule has 0 spiro atoms. The van der Waals surface area contributed by atoms with Gasteiger partial charge in [0.05, 0.1) is 26.8 Å². The highest BCUT2D eigenvalue weighted by molar-refractivity contribution is 7.22. The summed E-state index contributed by atoms with van der Waals surface area (Å²) in [4.78, 5) is 47.1. The van der Waals surface area contributed by atoms with Crippen molar-refractivity contribution in [2.24, 2.45) is 0 Å². The van der Waals surface area contributed by atoms with E-state index < -0.39 is 22.6 Å². The molecular formula is C25H18N4O5S. The number of non-ortho nitro benzene ring substituents is 1. The minimum atomic E-state index is -0.921. The van der Waals surface area contributed by atoms with Gasteiger partial charge in [-0.3, -0.25) is 29.6 Å². The van der Waals surface area contributed by atoms with Gasteiger partial charge in [-0.2, -0.15) is 0 Å². The van der Waals surface area contributed by atoms with E-state index >= 15 is 0 Å². The lowest BCUT2D eigenvalue weighted by atomic mass is 9.94. The van der Waals surface area contributed by atoms with Crippen LogP contribution in [0.1, 0.15) is 23.6 Å². The number of nitrogens with zero attached hydrogens (tertiary/aromatic N) is 4. The molecule has 0 radical (unpaired) electrons. The molecule has 0 aliphatic carbocycles. The number of rotatable bonds is 7. The minimum absolute atomic E-state index is 0.0100. The number of thiazole rings is 1. The monoisotopic (exact) mass is 486 g/mol. The van der Waals surface area contributed by atoms with Gasteiger partial charge in [0.25, 0.3) is 11.6 Å². The molecule has 2 aromatic heterocycles.